The molecule has 2 N–H and O–H groups in total. The van der Waals surface area contributed by atoms with Gasteiger partial charge >= 0.3 is 5.97 Å². The van der Waals surface area contributed by atoms with E-state index in [-0.39, 0.29) is 36.2 Å². The lowest BCUT2D eigenvalue weighted by molar-refractivity contribution is -0.164. The van der Waals surface area contributed by atoms with Gasteiger partial charge in [0.15, 0.2) is 0 Å². The minimum Gasteiger partial charge on any atom is -0.462 e. The van der Waals surface area contributed by atoms with Gasteiger partial charge < -0.3 is 19.9 Å². The Morgan fingerprint density at radius 2 is 1.88 bits per heavy atom. The van der Waals surface area contributed by atoms with Gasteiger partial charge in [-0.3, -0.25) is 4.79 Å². The van der Waals surface area contributed by atoms with E-state index in [1.54, 1.807) is 0 Å². The fourth-order valence-corrected chi connectivity index (χ4v) is 2.51. The molecule has 0 saturated carbocycles. The van der Waals surface area contributed by atoms with Crippen molar-refractivity contribution in [1.82, 2.24) is 0 Å². The zero-order valence-electron chi connectivity index (χ0n) is 10.4. The van der Waals surface area contributed by atoms with Crippen LogP contribution in [0.25, 0.3) is 0 Å². The molecular weight excluding hydrogens is 222 g/mol. The molecule has 4 unspecified atom stereocenters. The van der Waals surface area contributed by atoms with Crippen molar-refractivity contribution >= 4 is 5.97 Å². The Bertz CT molecular complexity index is 274. The first-order valence-corrected chi connectivity index (χ1v) is 6.25. The summed E-state index contributed by atoms with van der Waals surface area (Å²) in [6, 6.07) is -0.225. The SMILES string of the molecule is CC1CC(OC(=O)C2COCC2N)CC(C)O1. The molecule has 0 aliphatic carbocycles. The monoisotopic (exact) mass is 243 g/mol. The summed E-state index contributed by atoms with van der Waals surface area (Å²) < 4.78 is 16.3. The van der Waals surface area contributed by atoms with E-state index in [1.807, 2.05) is 13.8 Å². The van der Waals surface area contributed by atoms with Gasteiger partial charge in [0, 0.05) is 18.9 Å². The van der Waals surface area contributed by atoms with Crippen molar-refractivity contribution in [2.24, 2.45) is 11.7 Å². The molecule has 5 nitrogen and oxygen atoms in total. The molecule has 2 aliphatic rings. The van der Waals surface area contributed by atoms with E-state index in [4.69, 9.17) is 19.9 Å². The van der Waals surface area contributed by atoms with Gasteiger partial charge in [-0.1, -0.05) is 0 Å². The van der Waals surface area contributed by atoms with Gasteiger partial charge in [-0.2, -0.15) is 0 Å². The summed E-state index contributed by atoms with van der Waals surface area (Å²) in [7, 11) is 0. The van der Waals surface area contributed by atoms with Gasteiger partial charge in [0.2, 0.25) is 0 Å². The first-order valence-electron chi connectivity index (χ1n) is 6.25. The molecule has 0 radical (unpaired) electrons. The molecule has 17 heavy (non-hydrogen) atoms. The maximum Gasteiger partial charge on any atom is 0.313 e. The Kier molecular flexibility index (Phi) is 4.01. The summed E-state index contributed by atoms with van der Waals surface area (Å²) in [6.07, 6.45) is 1.77. The average molecular weight is 243 g/mol. The molecule has 2 aliphatic heterocycles. The second-order valence-corrected chi connectivity index (χ2v) is 5.10. The molecule has 0 spiro atoms. The van der Waals surface area contributed by atoms with E-state index < -0.39 is 0 Å². The summed E-state index contributed by atoms with van der Waals surface area (Å²) in [4.78, 5) is 11.9. The van der Waals surface area contributed by atoms with Gasteiger partial charge in [-0.05, 0) is 13.8 Å². The van der Waals surface area contributed by atoms with Crippen molar-refractivity contribution in [3.63, 3.8) is 0 Å². The maximum absolute atomic E-state index is 11.9. The first kappa shape index (κ1) is 12.8. The van der Waals surface area contributed by atoms with Crippen LogP contribution < -0.4 is 5.73 Å². The average Bonchev–Trinajstić information content (AvgIpc) is 2.62. The Labute approximate surface area is 102 Å². The fraction of sp³-hybridized carbons (Fsp3) is 0.917. The molecule has 2 saturated heterocycles. The van der Waals surface area contributed by atoms with Crippen LogP contribution in [0.2, 0.25) is 0 Å². The van der Waals surface area contributed by atoms with Crippen LogP contribution in [0.1, 0.15) is 26.7 Å². The molecular formula is C12H21NO4. The summed E-state index contributed by atoms with van der Waals surface area (Å²) in [5, 5.41) is 0. The predicted molar refractivity (Wildman–Crippen MR) is 61.4 cm³/mol. The topological polar surface area (TPSA) is 70.8 Å². The Balaban J connectivity index is 1.85. The molecule has 2 heterocycles. The molecule has 2 fully saturated rings. The van der Waals surface area contributed by atoms with Crippen molar-refractivity contribution in [3.05, 3.63) is 0 Å². The van der Waals surface area contributed by atoms with E-state index in [2.05, 4.69) is 0 Å². The smallest absolute Gasteiger partial charge is 0.313 e. The van der Waals surface area contributed by atoms with E-state index in [0.717, 1.165) is 12.8 Å². The van der Waals surface area contributed by atoms with Crippen molar-refractivity contribution in [3.8, 4) is 0 Å². The molecule has 5 heteroatoms. The van der Waals surface area contributed by atoms with Crippen LogP contribution in [-0.4, -0.2) is 43.5 Å². The van der Waals surface area contributed by atoms with Crippen LogP contribution in [0.15, 0.2) is 0 Å². The third-order valence-electron chi connectivity index (χ3n) is 3.36. The minimum absolute atomic E-state index is 0.0472. The third kappa shape index (κ3) is 3.18. The highest BCUT2D eigenvalue weighted by atomic mass is 16.6. The second kappa shape index (κ2) is 5.33. The van der Waals surface area contributed by atoms with Crippen molar-refractivity contribution in [1.29, 1.82) is 0 Å². The lowest BCUT2D eigenvalue weighted by Gasteiger charge is -2.32. The molecule has 0 bridgehead atoms. The molecule has 98 valence electrons. The quantitative estimate of drug-likeness (QED) is 0.713. The van der Waals surface area contributed by atoms with E-state index >= 15 is 0 Å². The third-order valence-corrected chi connectivity index (χ3v) is 3.36. The van der Waals surface area contributed by atoms with E-state index in [0.29, 0.717) is 13.2 Å². The largest absolute Gasteiger partial charge is 0.462 e. The Morgan fingerprint density at radius 3 is 2.41 bits per heavy atom. The fourth-order valence-electron chi connectivity index (χ4n) is 2.51. The highest BCUT2D eigenvalue weighted by molar-refractivity contribution is 5.74. The van der Waals surface area contributed by atoms with Crippen LogP contribution in [0.4, 0.5) is 0 Å². The normalized spacial score (nSPS) is 42.4. The number of rotatable bonds is 2. The van der Waals surface area contributed by atoms with Gasteiger partial charge in [0.1, 0.15) is 6.10 Å². The number of esters is 1. The van der Waals surface area contributed by atoms with E-state index in [9.17, 15) is 4.79 Å². The lowest BCUT2D eigenvalue weighted by Crippen LogP contribution is -2.40. The Morgan fingerprint density at radius 1 is 1.24 bits per heavy atom. The lowest BCUT2D eigenvalue weighted by atomic mass is 10.0. The minimum atomic E-state index is -0.302. The molecule has 0 amide bonds. The number of nitrogens with two attached hydrogens (primary N) is 1. The van der Waals surface area contributed by atoms with Gasteiger partial charge in [0.25, 0.3) is 0 Å². The molecule has 4 atom stereocenters. The van der Waals surface area contributed by atoms with E-state index in [1.165, 1.54) is 0 Å². The number of hydrogen-bond acceptors (Lipinski definition) is 5. The number of carbonyl (C=O) groups is 1. The first-order chi connectivity index (χ1) is 8.06. The molecule has 0 aromatic carbocycles. The maximum atomic E-state index is 11.9. The second-order valence-electron chi connectivity index (χ2n) is 5.10. The van der Waals surface area contributed by atoms with Crippen molar-refractivity contribution in [2.45, 2.75) is 51.0 Å². The van der Waals surface area contributed by atoms with Gasteiger partial charge in [-0.15, -0.1) is 0 Å². The zero-order valence-corrected chi connectivity index (χ0v) is 10.4. The number of ether oxygens (including phenoxy) is 3. The van der Waals surface area contributed by atoms with Gasteiger partial charge in [0.05, 0.1) is 31.3 Å². The van der Waals surface area contributed by atoms with Crippen LogP contribution >= 0.6 is 0 Å². The summed E-state index contributed by atoms with van der Waals surface area (Å²) >= 11 is 0. The standard InChI is InChI=1S/C12H21NO4/c1-7-3-9(4-8(2)16-7)17-12(14)10-5-15-6-11(10)13/h7-11H,3-6,13H2,1-2H3. The van der Waals surface area contributed by atoms with Crippen LogP contribution in [0.3, 0.4) is 0 Å². The molecule has 0 aromatic heterocycles. The van der Waals surface area contributed by atoms with Crippen molar-refractivity contribution < 1.29 is 19.0 Å². The van der Waals surface area contributed by atoms with Crippen LogP contribution in [0, 0.1) is 5.92 Å². The van der Waals surface area contributed by atoms with Crippen LogP contribution in [-0.2, 0) is 19.0 Å². The highest BCUT2D eigenvalue weighted by Gasteiger charge is 2.35. The molecule has 2 rings (SSSR count). The van der Waals surface area contributed by atoms with Crippen molar-refractivity contribution in [2.75, 3.05) is 13.2 Å². The highest BCUT2D eigenvalue weighted by Crippen LogP contribution is 2.23. The summed E-state index contributed by atoms with van der Waals surface area (Å²) in [6.45, 7) is 4.83. The van der Waals surface area contributed by atoms with Crippen LogP contribution in [0.5, 0.6) is 0 Å². The van der Waals surface area contributed by atoms with Gasteiger partial charge in [-0.25, -0.2) is 0 Å². The number of hydrogen-bond donors (Lipinski definition) is 1. The number of carbonyl (C=O) groups excluding carboxylic acids is 1. The summed E-state index contributed by atoms with van der Waals surface area (Å²) in [5.41, 5.74) is 5.79. The predicted octanol–water partition coefficient (Wildman–Crippen LogP) is 0.459. The Hall–Kier alpha value is -0.650. The molecule has 0 aromatic rings. The summed E-state index contributed by atoms with van der Waals surface area (Å²) in [5.74, 6) is -0.523. The zero-order chi connectivity index (χ0) is 12.4.